The highest BCUT2D eigenvalue weighted by Gasteiger charge is 2.08. The molecular formula is C15H19N3. The standard InChI is InChI=1S/C15H19N3/c1-2-12(7-8-16)13-3-5-14(6-4-13)15-9-17-11-18-10-15/h3-6,9-12H,2,7-8,16H2,1H3. The molecule has 1 atom stereocenters. The smallest absolute Gasteiger partial charge is 0.115 e. The number of rotatable bonds is 5. The van der Waals surface area contributed by atoms with Crippen LogP contribution in [0.4, 0.5) is 0 Å². The first-order valence-electron chi connectivity index (χ1n) is 6.40. The number of nitrogens with zero attached hydrogens (tertiary/aromatic N) is 2. The molecule has 2 N–H and O–H groups in total. The van der Waals surface area contributed by atoms with Crippen molar-refractivity contribution in [2.75, 3.05) is 6.54 Å². The van der Waals surface area contributed by atoms with E-state index in [-0.39, 0.29) is 0 Å². The van der Waals surface area contributed by atoms with Crippen LogP contribution in [0.5, 0.6) is 0 Å². The van der Waals surface area contributed by atoms with Gasteiger partial charge in [-0.1, -0.05) is 31.2 Å². The Morgan fingerprint density at radius 2 is 1.72 bits per heavy atom. The summed E-state index contributed by atoms with van der Waals surface area (Å²) < 4.78 is 0. The minimum absolute atomic E-state index is 0.566. The number of nitrogens with two attached hydrogens (primary N) is 1. The molecular weight excluding hydrogens is 222 g/mol. The van der Waals surface area contributed by atoms with Gasteiger partial charge in [-0.3, -0.25) is 0 Å². The van der Waals surface area contributed by atoms with Crippen molar-refractivity contribution in [1.82, 2.24) is 9.97 Å². The minimum atomic E-state index is 0.566. The van der Waals surface area contributed by atoms with Crippen molar-refractivity contribution in [2.24, 2.45) is 5.73 Å². The summed E-state index contributed by atoms with van der Waals surface area (Å²) in [5.41, 5.74) is 9.22. The van der Waals surface area contributed by atoms with Gasteiger partial charge in [-0.25, -0.2) is 9.97 Å². The predicted molar refractivity (Wildman–Crippen MR) is 74.2 cm³/mol. The van der Waals surface area contributed by atoms with E-state index >= 15 is 0 Å². The zero-order chi connectivity index (χ0) is 12.8. The van der Waals surface area contributed by atoms with E-state index in [9.17, 15) is 0 Å². The molecule has 0 spiro atoms. The minimum Gasteiger partial charge on any atom is -0.330 e. The van der Waals surface area contributed by atoms with E-state index in [0.29, 0.717) is 5.92 Å². The molecule has 1 aromatic heterocycles. The summed E-state index contributed by atoms with van der Waals surface area (Å²) in [5, 5.41) is 0. The summed E-state index contributed by atoms with van der Waals surface area (Å²) in [6.45, 7) is 2.95. The van der Waals surface area contributed by atoms with Crippen LogP contribution in [0.3, 0.4) is 0 Å². The Hall–Kier alpha value is -1.74. The van der Waals surface area contributed by atoms with Gasteiger partial charge in [-0.2, -0.15) is 0 Å². The molecule has 0 aliphatic carbocycles. The van der Waals surface area contributed by atoms with Crippen LogP contribution >= 0.6 is 0 Å². The number of aromatic nitrogens is 2. The van der Waals surface area contributed by atoms with Gasteiger partial charge in [-0.15, -0.1) is 0 Å². The highest BCUT2D eigenvalue weighted by molar-refractivity contribution is 5.61. The van der Waals surface area contributed by atoms with Gasteiger partial charge in [0.2, 0.25) is 0 Å². The monoisotopic (exact) mass is 241 g/mol. The summed E-state index contributed by atoms with van der Waals surface area (Å²) in [7, 11) is 0. The number of hydrogen-bond acceptors (Lipinski definition) is 3. The number of benzene rings is 1. The number of hydrogen-bond donors (Lipinski definition) is 1. The van der Waals surface area contributed by atoms with Crippen molar-refractivity contribution in [3.63, 3.8) is 0 Å². The normalized spacial score (nSPS) is 12.3. The molecule has 1 unspecified atom stereocenters. The lowest BCUT2D eigenvalue weighted by Gasteiger charge is -2.14. The van der Waals surface area contributed by atoms with Gasteiger partial charge in [-0.05, 0) is 36.4 Å². The lowest BCUT2D eigenvalue weighted by atomic mass is 9.92. The molecule has 18 heavy (non-hydrogen) atoms. The fourth-order valence-corrected chi connectivity index (χ4v) is 2.20. The Balaban J connectivity index is 2.19. The fourth-order valence-electron chi connectivity index (χ4n) is 2.20. The van der Waals surface area contributed by atoms with Crippen LogP contribution in [0.1, 0.15) is 31.2 Å². The van der Waals surface area contributed by atoms with E-state index in [4.69, 9.17) is 5.73 Å². The molecule has 0 fully saturated rings. The highest BCUT2D eigenvalue weighted by Crippen LogP contribution is 2.25. The van der Waals surface area contributed by atoms with Crippen molar-refractivity contribution in [3.8, 4) is 11.1 Å². The van der Waals surface area contributed by atoms with Gasteiger partial charge in [0.1, 0.15) is 6.33 Å². The van der Waals surface area contributed by atoms with Gasteiger partial charge in [0, 0.05) is 18.0 Å². The third-order valence-corrected chi connectivity index (χ3v) is 3.28. The second-order valence-electron chi connectivity index (χ2n) is 4.43. The maximum absolute atomic E-state index is 5.65. The molecule has 0 aliphatic heterocycles. The highest BCUT2D eigenvalue weighted by atomic mass is 14.8. The molecule has 94 valence electrons. The van der Waals surface area contributed by atoms with Crippen LogP contribution in [-0.4, -0.2) is 16.5 Å². The first kappa shape index (κ1) is 12.7. The molecule has 2 aromatic rings. The second-order valence-corrected chi connectivity index (χ2v) is 4.43. The average Bonchev–Trinajstić information content (AvgIpc) is 2.46. The Kier molecular flexibility index (Phi) is 4.42. The molecule has 1 aromatic carbocycles. The topological polar surface area (TPSA) is 51.8 Å². The largest absolute Gasteiger partial charge is 0.330 e. The van der Waals surface area contributed by atoms with E-state index < -0.39 is 0 Å². The van der Waals surface area contributed by atoms with E-state index in [1.54, 1.807) is 6.33 Å². The quantitative estimate of drug-likeness (QED) is 0.875. The lowest BCUT2D eigenvalue weighted by molar-refractivity contribution is 0.614. The summed E-state index contributed by atoms with van der Waals surface area (Å²) in [5.74, 6) is 0.566. The Labute approximate surface area is 108 Å². The molecule has 0 radical (unpaired) electrons. The van der Waals surface area contributed by atoms with Crippen molar-refractivity contribution >= 4 is 0 Å². The molecule has 2 rings (SSSR count). The van der Waals surface area contributed by atoms with Crippen molar-refractivity contribution in [3.05, 3.63) is 48.5 Å². The molecule has 0 aliphatic rings. The Morgan fingerprint density at radius 3 is 2.28 bits per heavy atom. The molecule has 0 amide bonds. The Bertz CT molecular complexity index is 465. The SMILES string of the molecule is CCC(CCN)c1ccc(-c2cncnc2)cc1. The Morgan fingerprint density at radius 1 is 1.06 bits per heavy atom. The van der Waals surface area contributed by atoms with Crippen LogP contribution in [-0.2, 0) is 0 Å². The molecule has 1 heterocycles. The van der Waals surface area contributed by atoms with E-state index in [1.165, 1.54) is 5.56 Å². The van der Waals surface area contributed by atoms with Crippen molar-refractivity contribution in [2.45, 2.75) is 25.7 Å². The first-order valence-corrected chi connectivity index (χ1v) is 6.40. The predicted octanol–water partition coefficient (Wildman–Crippen LogP) is 2.99. The molecule has 3 nitrogen and oxygen atoms in total. The maximum atomic E-state index is 5.65. The molecule has 0 bridgehead atoms. The first-order chi connectivity index (χ1) is 8.85. The second kappa shape index (κ2) is 6.26. The molecule has 3 heteroatoms. The van der Waals surface area contributed by atoms with Crippen LogP contribution in [0.25, 0.3) is 11.1 Å². The summed E-state index contributed by atoms with van der Waals surface area (Å²) in [6, 6.07) is 8.64. The lowest BCUT2D eigenvalue weighted by Crippen LogP contribution is -2.06. The van der Waals surface area contributed by atoms with Gasteiger partial charge < -0.3 is 5.73 Å². The average molecular weight is 241 g/mol. The third kappa shape index (κ3) is 2.93. The molecule has 0 saturated carbocycles. The van der Waals surface area contributed by atoms with E-state index in [2.05, 4.69) is 41.2 Å². The zero-order valence-electron chi connectivity index (χ0n) is 10.7. The fraction of sp³-hybridized carbons (Fsp3) is 0.333. The summed E-state index contributed by atoms with van der Waals surface area (Å²) in [4.78, 5) is 8.07. The van der Waals surface area contributed by atoms with Crippen molar-refractivity contribution < 1.29 is 0 Å². The third-order valence-electron chi connectivity index (χ3n) is 3.28. The van der Waals surface area contributed by atoms with Crippen molar-refractivity contribution in [1.29, 1.82) is 0 Å². The van der Waals surface area contributed by atoms with Crippen LogP contribution in [0.2, 0.25) is 0 Å². The maximum Gasteiger partial charge on any atom is 0.115 e. The van der Waals surface area contributed by atoms with Gasteiger partial charge in [0.05, 0.1) is 0 Å². The molecule has 0 saturated heterocycles. The summed E-state index contributed by atoms with van der Waals surface area (Å²) in [6.07, 6.45) is 7.39. The van der Waals surface area contributed by atoms with Gasteiger partial charge in [0.15, 0.2) is 0 Å². The van der Waals surface area contributed by atoms with E-state index in [0.717, 1.165) is 30.5 Å². The van der Waals surface area contributed by atoms with Crippen LogP contribution in [0, 0.1) is 0 Å². The van der Waals surface area contributed by atoms with Gasteiger partial charge in [0.25, 0.3) is 0 Å². The van der Waals surface area contributed by atoms with Gasteiger partial charge >= 0.3 is 0 Å². The van der Waals surface area contributed by atoms with Crippen LogP contribution in [0.15, 0.2) is 43.0 Å². The zero-order valence-corrected chi connectivity index (χ0v) is 10.7. The van der Waals surface area contributed by atoms with E-state index in [1.807, 2.05) is 12.4 Å². The summed E-state index contributed by atoms with van der Waals surface area (Å²) >= 11 is 0. The van der Waals surface area contributed by atoms with Crippen LogP contribution < -0.4 is 5.73 Å².